The quantitative estimate of drug-likeness (QED) is 0.645. The van der Waals surface area contributed by atoms with E-state index in [-0.39, 0.29) is 18.2 Å². The SMILES string of the molecule is NC(=O)N1CCOC([C@H]2CCCO2)C1. The molecule has 0 aromatic rings. The van der Waals surface area contributed by atoms with Crippen LogP contribution in [0.3, 0.4) is 0 Å². The average molecular weight is 200 g/mol. The van der Waals surface area contributed by atoms with Crippen LogP contribution in [-0.4, -0.2) is 49.4 Å². The Balaban J connectivity index is 1.89. The number of urea groups is 1. The van der Waals surface area contributed by atoms with Crippen molar-refractivity contribution in [1.82, 2.24) is 4.90 Å². The molecule has 80 valence electrons. The minimum atomic E-state index is -0.365. The average Bonchev–Trinajstić information content (AvgIpc) is 2.71. The minimum Gasteiger partial charge on any atom is -0.375 e. The van der Waals surface area contributed by atoms with Crippen molar-refractivity contribution in [2.45, 2.75) is 25.0 Å². The van der Waals surface area contributed by atoms with Crippen LogP contribution in [0.15, 0.2) is 0 Å². The summed E-state index contributed by atoms with van der Waals surface area (Å²) in [7, 11) is 0. The number of nitrogens with two attached hydrogens (primary N) is 1. The van der Waals surface area contributed by atoms with Gasteiger partial charge in [0.1, 0.15) is 6.10 Å². The molecule has 5 heteroatoms. The Morgan fingerprint density at radius 2 is 2.07 bits per heavy atom. The molecule has 2 aliphatic rings. The van der Waals surface area contributed by atoms with E-state index in [4.69, 9.17) is 15.2 Å². The van der Waals surface area contributed by atoms with Gasteiger partial charge in [0.25, 0.3) is 0 Å². The molecule has 2 aliphatic heterocycles. The second-order valence-corrected chi connectivity index (χ2v) is 3.74. The highest BCUT2D eigenvalue weighted by atomic mass is 16.5. The summed E-state index contributed by atoms with van der Waals surface area (Å²) in [5, 5.41) is 0. The van der Waals surface area contributed by atoms with Crippen molar-refractivity contribution < 1.29 is 14.3 Å². The highest BCUT2D eigenvalue weighted by molar-refractivity contribution is 5.72. The van der Waals surface area contributed by atoms with Gasteiger partial charge in [0.05, 0.1) is 19.3 Å². The normalized spacial score (nSPS) is 33.3. The summed E-state index contributed by atoms with van der Waals surface area (Å²) in [6.45, 7) is 2.53. The first-order valence-corrected chi connectivity index (χ1v) is 5.05. The predicted octanol–water partition coefficient (Wildman–Crippen LogP) is -0.0551. The zero-order valence-corrected chi connectivity index (χ0v) is 8.15. The van der Waals surface area contributed by atoms with Crippen LogP contribution >= 0.6 is 0 Å². The van der Waals surface area contributed by atoms with Gasteiger partial charge >= 0.3 is 6.03 Å². The largest absolute Gasteiger partial charge is 0.375 e. The number of hydrogen-bond acceptors (Lipinski definition) is 3. The Kier molecular flexibility index (Phi) is 2.88. The van der Waals surface area contributed by atoms with Crippen LogP contribution < -0.4 is 5.73 Å². The molecule has 2 atom stereocenters. The second-order valence-electron chi connectivity index (χ2n) is 3.74. The molecule has 2 N–H and O–H groups in total. The zero-order valence-electron chi connectivity index (χ0n) is 8.15. The Hall–Kier alpha value is -0.810. The summed E-state index contributed by atoms with van der Waals surface area (Å²) in [4.78, 5) is 12.6. The van der Waals surface area contributed by atoms with Gasteiger partial charge in [-0.25, -0.2) is 4.79 Å². The van der Waals surface area contributed by atoms with Crippen LogP contribution in [0.1, 0.15) is 12.8 Å². The van der Waals surface area contributed by atoms with E-state index in [1.807, 2.05) is 0 Å². The van der Waals surface area contributed by atoms with Crippen LogP contribution in [0.2, 0.25) is 0 Å². The van der Waals surface area contributed by atoms with Crippen LogP contribution in [0.5, 0.6) is 0 Å². The lowest BCUT2D eigenvalue weighted by atomic mass is 10.1. The highest BCUT2D eigenvalue weighted by Crippen LogP contribution is 2.20. The number of nitrogens with zero attached hydrogens (tertiary/aromatic N) is 1. The summed E-state index contributed by atoms with van der Waals surface area (Å²) in [6.07, 6.45) is 2.27. The predicted molar refractivity (Wildman–Crippen MR) is 49.9 cm³/mol. The molecule has 0 bridgehead atoms. The third-order valence-electron chi connectivity index (χ3n) is 2.78. The number of ether oxygens (including phenoxy) is 2. The van der Waals surface area contributed by atoms with E-state index in [9.17, 15) is 4.79 Å². The maximum atomic E-state index is 11.0. The van der Waals surface area contributed by atoms with E-state index in [0.717, 1.165) is 19.4 Å². The van der Waals surface area contributed by atoms with Gasteiger partial charge in [-0.3, -0.25) is 0 Å². The molecule has 0 aromatic carbocycles. The molecule has 2 rings (SSSR count). The van der Waals surface area contributed by atoms with Crippen LogP contribution in [0, 0.1) is 0 Å². The van der Waals surface area contributed by atoms with E-state index in [2.05, 4.69) is 0 Å². The Bertz CT molecular complexity index is 216. The van der Waals surface area contributed by atoms with Gasteiger partial charge in [-0.1, -0.05) is 0 Å². The first kappa shape index (κ1) is 9.73. The molecule has 0 saturated carbocycles. The van der Waals surface area contributed by atoms with Gasteiger partial charge in [-0.2, -0.15) is 0 Å². The van der Waals surface area contributed by atoms with Crippen molar-refractivity contribution in [1.29, 1.82) is 0 Å². The lowest BCUT2D eigenvalue weighted by molar-refractivity contribution is -0.0843. The van der Waals surface area contributed by atoms with E-state index in [1.165, 1.54) is 0 Å². The van der Waals surface area contributed by atoms with Gasteiger partial charge in [-0.05, 0) is 12.8 Å². The molecule has 0 aliphatic carbocycles. The Morgan fingerprint density at radius 3 is 2.71 bits per heavy atom. The van der Waals surface area contributed by atoms with Gasteiger partial charge in [0.2, 0.25) is 0 Å². The third kappa shape index (κ3) is 1.99. The maximum absolute atomic E-state index is 11.0. The van der Waals surface area contributed by atoms with Gasteiger partial charge in [0, 0.05) is 13.2 Å². The number of rotatable bonds is 1. The van der Waals surface area contributed by atoms with E-state index in [1.54, 1.807) is 4.90 Å². The lowest BCUT2D eigenvalue weighted by Crippen LogP contribution is -2.51. The zero-order chi connectivity index (χ0) is 9.97. The fourth-order valence-electron chi connectivity index (χ4n) is 2.00. The van der Waals surface area contributed by atoms with Crippen LogP contribution in [0.4, 0.5) is 4.79 Å². The summed E-state index contributed by atoms with van der Waals surface area (Å²) < 4.78 is 11.1. The van der Waals surface area contributed by atoms with E-state index < -0.39 is 0 Å². The molecule has 2 heterocycles. The summed E-state index contributed by atoms with van der Waals surface area (Å²) in [6, 6.07) is -0.365. The third-order valence-corrected chi connectivity index (χ3v) is 2.78. The lowest BCUT2D eigenvalue weighted by Gasteiger charge is -2.34. The molecule has 0 spiro atoms. The maximum Gasteiger partial charge on any atom is 0.314 e. The summed E-state index contributed by atoms with van der Waals surface area (Å²) in [5.74, 6) is 0. The smallest absolute Gasteiger partial charge is 0.314 e. The van der Waals surface area contributed by atoms with Crippen molar-refractivity contribution in [3.05, 3.63) is 0 Å². The Morgan fingerprint density at radius 1 is 1.29 bits per heavy atom. The van der Waals surface area contributed by atoms with Crippen LogP contribution in [-0.2, 0) is 9.47 Å². The Labute approximate surface area is 83.1 Å². The highest BCUT2D eigenvalue weighted by Gasteiger charge is 2.32. The van der Waals surface area contributed by atoms with Crippen molar-refractivity contribution in [3.8, 4) is 0 Å². The van der Waals surface area contributed by atoms with Gasteiger partial charge < -0.3 is 20.1 Å². The van der Waals surface area contributed by atoms with E-state index in [0.29, 0.717) is 19.7 Å². The fraction of sp³-hybridized carbons (Fsp3) is 0.889. The summed E-state index contributed by atoms with van der Waals surface area (Å²) >= 11 is 0. The van der Waals surface area contributed by atoms with Crippen molar-refractivity contribution in [2.75, 3.05) is 26.3 Å². The van der Waals surface area contributed by atoms with Gasteiger partial charge in [-0.15, -0.1) is 0 Å². The molecule has 5 nitrogen and oxygen atoms in total. The molecule has 14 heavy (non-hydrogen) atoms. The number of primary amides is 1. The molecule has 2 saturated heterocycles. The van der Waals surface area contributed by atoms with Crippen molar-refractivity contribution in [3.63, 3.8) is 0 Å². The fourth-order valence-corrected chi connectivity index (χ4v) is 2.00. The number of morpholine rings is 1. The molecular formula is C9H16N2O3. The van der Waals surface area contributed by atoms with Crippen LogP contribution in [0.25, 0.3) is 0 Å². The molecule has 2 fully saturated rings. The number of carbonyl (C=O) groups is 1. The standard InChI is InChI=1S/C9H16N2O3/c10-9(12)11-3-5-14-8(6-11)7-2-1-4-13-7/h7-8H,1-6H2,(H2,10,12)/t7-,8?/m1/s1. The van der Waals surface area contributed by atoms with Gasteiger partial charge in [0.15, 0.2) is 0 Å². The molecular weight excluding hydrogens is 184 g/mol. The first-order chi connectivity index (χ1) is 6.77. The minimum absolute atomic E-state index is 0.0127. The number of carbonyl (C=O) groups excluding carboxylic acids is 1. The molecule has 0 radical (unpaired) electrons. The van der Waals surface area contributed by atoms with Crippen molar-refractivity contribution >= 4 is 6.03 Å². The van der Waals surface area contributed by atoms with E-state index >= 15 is 0 Å². The summed E-state index contributed by atoms with van der Waals surface area (Å²) in [5.41, 5.74) is 5.22. The second kappa shape index (κ2) is 4.14. The first-order valence-electron chi connectivity index (χ1n) is 5.05. The topological polar surface area (TPSA) is 64.8 Å². The van der Waals surface area contributed by atoms with Crippen molar-refractivity contribution in [2.24, 2.45) is 5.73 Å². The number of amides is 2. The molecule has 1 unspecified atom stereocenters. The monoisotopic (exact) mass is 200 g/mol. The molecule has 2 amide bonds. The molecule has 0 aromatic heterocycles. The number of hydrogen-bond donors (Lipinski definition) is 1.